The molecule has 0 spiro atoms. The maximum atomic E-state index is 13.0. The van der Waals surface area contributed by atoms with Gasteiger partial charge in [0.15, 0.2) is 9.84 Å². The molecule has 6 heteroatoms. The van der Waals surface area contributed by atoms with Crippen LogP contribution in [0.15, 0.2) is 59.5 Å². The number of hydrogen-bond acceptors (Lipinski definition) is 4. The number of nitrogens with zero attached hydrogens (tertiary/aromatic N) is 1. The molecule has 1 aliphatic rings. The molecule has 138 valence electrons. The molecule has 2 aromatic carbocycles. The molecule has 0 radical (unpaired) electrons. The fourth-order valence-electron chi connectivity index (χ4n) is 3.41. The van der Waals surface area contributed by atoms with Gasteiger partial charge in [-0.05, 0) is 49.7 Å². The molecule has 0 aromatic heterocycles. The Balaban J connectivity index is 1.82. The molecule has 0 aliphatic carbocycles. The van der Waals surface area contributed by atoms with E-state index in [2.05, 4.69) is 5.32 Å². The summed E-state index contributed by atoms with van der Waals surface area (Å²) in [4.78, 5) is 15.1. The van der Waals surface area contributed by atoms with Crippen LogP contribution < -0.4 is 5.32 Å². The van der Waals surface area contributed by atoms with E-state index < -0.39 is 9.84 Å². The van der Waals surface area contributed by atoms with Crippen LogP contribution in [0.25, 0.3) is 0 Å². The fraction of sp³-hybridized carbons (Fsp3) is 0.350. The van der Waals surface area contributed by atoms with Crippen molar-refractivity contribution in [3.05, 3.63) is 65.7 Å². The second kappa shape index (κ2) is 8.01. The number of nitrogens with one attached hydrogen (secondary N) is 1. The lowest BCUT2D eigenvalue weighted by molar-refractivity contribution is 0.0786. The Bertz CT molecular complexity index is 866. The highest BCUT2D eigenvalue weighted by molar-refractivity contribution is 7.90. The summed E-state index contributed by atoms with van der Waals surface area (Å²) in [6, 6.07) is 15.4. The Morgan fingerprint density at radius 2 is 1.81 bits per heavy atom. The average Bonchev–Trinajstić information content (AvgIpc) is 3.11. The van der Waals surface area contributed by atoms with Crippen molar-refractivity contribution < 1.29 is 13.2 Å². The lowest BCUT2D eigenvalue weighted by Crippen LogP contribution is -2.31. The largest absolute Gasteiger partial charge is 0.338 e. The molecule has 26 heavy (non-hydrogen) atoms. The van der Waals surface area contributed by atoms with Crippen molar-refractivity contribution in [3.8, 4) is 0 Å². The van der Waals surface area contributed by atoms with Crippen LogP contribution in [0.1, 0.15) is 22.3 Å². The van der Waals surface area contributed by atoms with Gasteiger partial charge in [0.25, 0.3) is 5.91 Å². The number of carbonyl (C=O) groups is 1. The predicted octanol–water partition coefficient (Wildman–Crippen LogP) is 2.34. The van der Waals surface area contributed by atoms with Gasteiger partial charge in [-0.3, -0.25) is 4.79 Å². The Labute approximate surface area is 154 Å². The second-order valence-corrected chi connectivity index (χ2v) is 8.68. The number of rotatable bonds is 6. The zero-order valence-electron chi connectivity index (χ0n) is 14.9. The van der Waals surface area contributed by atoms with Gasteiger partial charge >= 0.3 is 0 Å². The Kier molecular flexibility index (Phi) is 5.74. The van der Waals surface area contributed by atoms with E-state index in [9.17, 15) is 13.2 Å². The first kappa shape index (κ1) is 18.6. The minimum Gasteiger partial charge on any atom is -0.338 e. The highest BCUT2D eigenvalue weighted by Crippen LogP contribution is 2.23. The van der Waals surface area contributed by atoms with Gasteiger partial charge < -0.3 is 10.2 Å². The molecule has 1 fully saturated rings. The topological polar surface area (TPSA) is 66.5 Å². The molecule has 1 unspecified atom stereocenters. The first-order valence-electron chi connectivity index (χ1n) is 8.81. The van der Waals surface area contributed by atoms with E-state index >= 15 is 0 Å². The summed E-state index contributed by atoms with van der Waals surface area (Å²) in [5.74, 6) is 0.193. The SMILES string of the molecule is CNCC1CCN(C(=O)c2ccccc2CS(=O)(=O)c2ccccc2)C1. The van der Waals surface area contributed by atoms with E-state index in [0.717, 1.165) is 13.0 Å². The second-order valence-electron chi connectivity index (χ2n) is 6.69. The molecule has 3 rings (SSSR count). The number of hydrogen-bond donors (Lipinski definition) is 1. The van der Waals surface area contributed by atoms with Crippen LogP contribution in [-0.2, 0) is 15.6 Å². The number of benzene rings is 2. The highest BCUT2D eigenvalue weighted by Gasteiger charge is 2.28. The molecule has 1 aliphatic heterocycles. The van der Waals surface area contributed by atoms with Crippen LogP contribution in [0, 0.1) is 5.92 Å². The molecule has 0 saturated carbocycles. The van der Waals surface area contributed by atoms with Crippen molar-refractivity contribution >= 4 is 15.7 Å². The molecule has 1 N–H and O–H groups in total. The summed E-state index contributed by atoms with van der Waals surface area (Å²) in [5, 5.41) is 3.15. The minimum atomic E-state index is -3.49. The molecule has 1 amide bonds. The summed E-state index contributed by atoms with van der Waals surface area (Å²) in [6.07, 6.45) is 0.969. The van der Waals surface area contributed by atoms with Crippen LogP contribution in [0.3, 0.4) is 0 Å². The molecule has 1 heterocycles. The number of carbonyl (C=O) groups excluding carboxylic acids is 1. The van der Waals surface area contributed by atoms with Gasteiger partial charge in [-0.15, -0.1) is 0 Å². The van der Waals surface area contributed by atoms with Gasteiger partial charge in [0.2, 0.25) is 0 Å². The average molecular weight is 372 g/mol. The van der Waals surface area contributed by atoms with E-state index in [-0.39, 0.29) is 16.6 Å². The highest BCUT2D eigenvalue weighted by atomic mass is 32.2. The standard InChI is InChI=1S/C20H24N2O3S/c1-21-13-16-11-12-22(14-16)20(23)19-10-6-5-7-17(19)15-26(24,25)18-8-3-2-4-9-18/h2-10,16,21H,11-15H2,1H3. The molecule has 0 bridgehead atoms. The van der Waals surface area contributed by atoms with E-state index in [1.807, 2.05) is 11.9 Å². The number of sulfone groups is 1. The molecular formula is C20H24N2O3S. The summed E-state index contributed by atoms with van der Waals surface area (Å²) in [5.41, 5.74) is 1.04. The third-order valence-electron chi connectivity index (χ3n) is 4.76. The van der Waals surface area contributed by atoms with Crippen LogP contribution in [0.2, 0.25) is 0 Å². The molecule has 1 saturated heterocycles. The van der Waals surface area contributed by atoms with E-state index in [0.29, 0.717) is 30.1 Å². The van der Waals surface area contributed by atoms with Crippen LogP contribution in [0.5, 0.6) is 0 Å². The molecule has 1 atom stereocenters. The summed E-state index contributed by atoms with van der Waals surface area (Å²) < 4.78 is 25.4. The van der Waals surface area contributed by atoms with Crippen molar-refractivity contribution in [1.82, 2.24) is 10.2 Å². The zero-order valence-corrected chi connectivity index (χ0v) is 15.7. The van der Waals surface area contributed by atoms with Crippen molar-refractivity contribution in [3.63, 3.8) is 0 Å². The Morgan fingerprint density at radius 1 is 1.12 bits per heavy atom. The third kappa shape index (κ3) is 4.14. The van der Waals surface area contributed by atoms with Crippen molar-refractivity contribution in [2.75, 3.05) is 26.7 Å². The first-order valence-corrected chi connectivity index (χ1v) is 10.5. The van der Waals surface area contributed by atoms with Gasteiger partial charge in [0.1, 0.15) is 0 Å². The minimum absolute atomic E-state index is 0.0811. The van der Waals surface area contributed by atoms with E-state index in [1.165, 1.54) is 0 Å². The number of likely N-dealkylation sites (tertiary alicyclic amines) is 1. The molecule has 2 aromatic rings. The normalized spacial score (nSPS) is 17.4. The van der Waals surface area contributed by atoms with Gasteiger partial charge in [-0.2, -0.15) is 0 Å². The van der Waals surface area contributed by atoms with Crippen LogP contribution in [-0.4, -0.2) is 45.9 Å². The third-order valence-corrected chi connectivity index (χ3v) is 6.44. The first-order chi connectivity index (χ1) is 12.5. The Hall–Kier alpha value is -2.18. The van der Waals surface area contributed by atoms with Gasteiger partial charge in [0.05, 0.1) is 10.6 Å². The predicted molar refractivity (Wildman–Crippen MR) is 102 cm³/mol. The monoisotopic (exact) mass is 372 g/mol. The van der Waals surface area contributed by atoms with Crippen molar-refractivity contribution in [2.45, 2.75) is 17.1 Å². The summed E-state index contributed by atoms with van der Waals surface area (Å²) >= 11 is 0. The molecular weight excluding hydrogens is 348 g/mol. The number of amides is 1. The lowest BCUT2D eigenvalue weighted by atomic mass is 10.1. The van der Waals surface area contributed by atoms with Crippen molar-refractivity contribution in [2.24, 2.45) is 5.92 Å². The van der Waals surface area contributed by atoms with Crippen LogP contribution >= 0.6 is 0 Å². The fourth-order valence-corrected chi connectivity index (χ4v) is 4.81. The van der Waals surface area contributed by atoms with E-state index in [1.54, 1.807) is 54.6 Å². The van der Waals surface area contributed by atoms with Crippen LogP contribution in [0.4, 0.5) is 0 Å². The quantitative estimate of drug-likeness (QED) is 0.845. The van der Waals surface area contributed by atoms with Gasteiger partial charge in [-0.1, -0.05) is 36.4 Å². The lowest BCUT2D eigenvalue weighted by Gasteiger charge is -2.19. The van der Waals surface area contributed by atoms with Gasteiger partial charge in [-0.25, -0.2) is 8.42 Å². The van der Waals surface area contributed by atoms with Gasteiger partial charge in [0, 0.05) is 18.7 Å². The maximum absolute atomic E-state index is 13.0. The summed E-state index contributed by atoms with van der Waals surface area (Å²) in [6.45, 7) is 2.30. The zero-order chi connectivity index (χ0) is 18.6. The smallest absolute Gasteiger partial charge is 0.254 e. The summed E-state index contributed by atoms with van der Waals surface area (Å²) in [7, 11) is -1.58. The maximum Gasteiger partial charge on any atom is 0.254 e. The Morgan fingerprint density at radius 3 is 2.54 bits per heavy atom. The van der Waals surface area contributed by atoms with Crippen molar-refractivity contribution in [1.29, 1.82) is 0 Å². The van der Waals surface area contributed by atoms with E-state index in [4.69, 9.17) is 0 Å². The molecule has 5 nitrogen and oxygen atoms in total.